The van der Waals surface area contributed by atoms with Crippen molar-refractivity contribution < 1.29 is 0 Å². The minimum absolute atomic E-state index is 0.0782. The van der Waals surface area contributed by atoms with Crippen LogP contribution in [0.1, 0.15) is 35.2 Å². The van der Waals surface area contributed by atoms with Crippen LogP contribution in [0.4, 0.5) is 0 Å². The lowest BCUT2D eigenvalue weighted by molar-refractivity contribution is 0.478. The van der Waals surface area contributed by atoms with Gasteiger partial charge in [0.2, 0.25) is 5.96 Å². The summed E-state index contributed by atoms with van der Waals surface area (Å²) >= 11 is 3.53. The number of nitrogens with one attached hydrogen (secondary N) is 2. The molecule has 4 nitrogen and oxygen atoms in total. The van der Waals surface area contributed by atoms with Gasteiger partial charge in [-0.25, -0.2) is 10.8 Å². The Kier molecular flexibility index (Phi) is 4.45. The zero-order chi connectivity index (χ0) is 15.5. The average Bonchev–Trinajstić information content (AvgIpc) is 2.55. The first-order valence-corrected chi connectivity index (χ1v) is 8.08. The number of hydrazine groups is 1. The first-order chi connectivity index (χ1) is 10.7. The van der Waals surface area contributed by atoms with Gasteiger partial charge in [-0.05, 0) is 42.2 Å². The van der Waals surface area contributed by atoms with E-state index < -0.39 is 0 Å². The van der Waals surface area contributed by atoms with Gasteiger partial charge in [0.05, 0.1) is 12.1 Å². The molecule has 2 aromatic carbocycles. The summed E-state index contributed by atoms with van der Waals surface area (Å²) in [4.78, 5) is 4.67. The lowest BCUT2D eigenvalue weighted by Crippen LogP contribution is -2.46. The van der Waals surface area contributed by atoms with E-state index in [1.807, 2.05) is 12.1 Å². The number of hydrogen-bond donors (Lipinski definition) is 3. The van der Waals surface area contributed by atoms with E-state index >= 15 is 0 Å². The smallest absolute Gasteiger partial charge is 0.206 e. The number of guanidine groups is 1. The molecule has 0 saturated heterocycles. The topological polar surface area (TPSA) is 62.4 Å². The predicted molar refractivity (Wildman–Crippen MR) is 93.3 cm³/mol. The molecule has 0 aromatic heterocycles. The number of halogens is 1. The fraction of sp³-hybridized carbons (Fsp3) is 0.235. The van der Waals surface area contributed by atoms with Gasteiger partial charge in [-0.2, -0.15) is 0 Å². The molecular formula is C17H19BrN4. The van der Waals surface area contributed by atoms with Gasteiger partial charge < -0.3 is 5.32 Å². The van der Waals surface area contributed by atoms with Crippen molar-refractivity contribution in [3.05, 3.63) is 69.7 Å². The largest absolute Gasteiger partial charge is 0.348 e. The summed E-state index contributed by atoms with van der Waals surface area (Å²) in [6, 6.07) is 17.0. The summed E-state index contributed by atoms with van der Waals surface area (Å²) in [5.74, 6) is 6.23. The van der Waals surface area contributed by atoms with Crippen molar-refractivity contribution in [1.29, 1.82) is 0 Å². The van der Waals surface area contributed by atoms with Crippen molar-refractivity contribution in [1.82, 2.24) is 10.7 Å². The van der Waals surface area contributed by atoms with Crippen molar-refractivity contribution in [2.24, 2.45) is 10.8 Å². The highest BCUT2D eigenvalue weighted by molar-refractivity contribution is 9.10. The van der Waals surface area contributed by atoms with Crippen LogP contribution in [0.3, 0.4) is 0 Å². The Morgan fingerprint density at radius 3 is 2.77 bits per heavy atom. The fourth-order valence-electron chi connectivity index (χ4n) is 2.88. The van der Waals surface area contributed by atoms with Crippen LogP contribution in [0, 0.1) is 6.92 Å². The summed E-state index contributed by atoms with van der Waals surface area (Å²) in [6.07, 6.45) is 0.895. The lowest BCUT2D eigenvalue weighted by Gasteiger charge is -2.30. The molecule has 114 valence electrons. The number of hydrogen-bond acceptors (Lipinski definition) is 4. The first kappa shape index (κ1) is 15.1. The molecule has 1 aliphatic rings. The molecule has 2 aromatic rings. The second-order valence-corrected chi connectivity index (χ2v) is 6.40. The van der Waals surface area contributed by atoms with E-state index in [2.05, 4.69) is 75.0 Å². The number of aryl methyl sites for hydroxylation is 1. The minimum atomic E-state index is 0.0782. The molecule has 0 fully saturated rings. The normalized spacial score (nSPS) is 21.0. The molecule has 3 rings (SSSR count). The average molecular weight is 359 g/mol. The van der Waals surface area contributed by atoms with E-state index in [4.69, 9.17) is 5.84 Å². The van der Waals surface area contributed by atoms with E-state index in [0.29, 0.717) is 5.96 Å². The van der Waals surface area contributed by atoms with Crippen molar-refractivity contribution in [2.75, 3.05) is 0 Å². The third-order valence-electron chi connectivity index (χ3n) is 3.99. The third kappa shape index (κ3) is 3.15. The molecule has 22 heavy (non-hydrogen) atoms. The van der Waals surface area contributed by atoms with Crippen molar-refractivity contribution >= 4 is 21.9 Å². The van der Waals surface area contributed by atoms with Gasteiger partial charge in [-0.1, -0.05) is 52.3 Å². The Balaban J connectivity index is 1.94. The molecule has 2 unspecified atom stereocenters. The number of aliphatic imine (C=N–C) groups is 1. The maximum absolute atomic E-state index is 5.60. The number of nitrogens with zero attached hydrogens (tertiary/aromatic N) is 1. The number of nitrogens with two attached hydrogens (primary N) is 1. The van der Waals surface area contributed by atoms with Crippen LogP contribution in [0.25, 0.3) is 0 Å². The highest BCUT2D eigenvalue weighted by Gasteiger charge is 2.26. The van der Waals surface area contributed by atoms with Gasteiger partial charge in [0.1, 0.15) is 0 Å². The highest BCUT2D eigenvalue weighted by atomic mass is 79.9. The predicted octanol–water partition coefficient (Wildman–Crippen LogP) is 3.35. The van der Waals surface area contributed by atoms with Crippen LogP contribution in [-0.4, -0.2) is 5.96 Å². The van der Waals surface area contributed by atoms with Crippen LogP contribution < -0.4 is 16.6 Å². The molecular weight excluding hydrogens is 340 g/mol. The van der Waals surface area contributed by atoms with Crippen LogP contribution >= 0.6 is 15.9 Å². The minimum Gasteiger partial charge on any atom is -0.348 e. The molecule has 0 aliphatic carbocycles. The van der Waals surface area contributed by atoms with Gasteiger partial charge in [-0.3, -0.25) is 5.43 Å². The molecule has 0 radical (unpaired) electrons. The molecule has 2 atom stereocenters. The summed E-state index contributed by atoms with van der Waals surface area (Å²) in [7, 11) is 0. The van der Waals surface area contributed by atoms with E-state index in [-0.39, 0.29) is 12.1 Å². The zero-order valence-corrected chi connectivity index (χ0v) is 14.0. The molecule has 1 aliphatic heterocycles. The highest BCUT2D eigenvalue weighted by Crippen LogP contribution is 2.34. The van der Waals surface area contributed by atoms with Crippen LogP contribution in [0.5, 0.6) is 0 Å². The van der Waals surface area contributed by atoms with E-state index in [1.54, 1.807) is 0 Å². The van der Waals surface area contributed by atoms with Crippen LogP contribution in [0.2, 0.25) is 0 Å². The van der Waals surface area contributed by atoms with Gasteiger partial charge in [-0.15, -0.1) is 0 Å². The molecule has 1 heterocycles. The Morgan fingerprint density at radius 1 is 1.23 bits per heavy atom. The molecule has 0 spiro atoms. The molecule has 4 N–H and O–H groups in total. The summed E-state index contributed by atoms with van der Waals surface area (Å²) in [5, 5.41) is 3.38. The van der Waals surface area contributed by atoms with Crippen LogP contribution in [-0.2, 0) is 0 Å². The van der Waals surface area contributed by atoms with Crippen molar-refractivity contribution in [3.8, 4) is 0 Å². The number of benzene rings is 2. The standard InChI is InChI=1S/C17H19BrN4/c1-11-5-2-3-8-14(11)16-10-15(20-17(21-16)22-19)12-6-4-7-13(18)9-12/h2-9,15-16H,10,19H2,1H3,(H2,20,21,22). The van der Waals surface area contributed by atoms with E-state index in [1.165, 1.54) is 16.7 Å². The lowest BCUT2D eigenvalue weighted by atomic mass is 9.92. The Hall–Kier alpha value is -1.85. The monoisotopic (exact) mass is 358 g/mol. The molecule has 0 bridgehead atoms. The quantitative estimate of drug-likeness (QED) is 0.569. The van der Waals surface area contributed by atoms with E-state index in [0.717, 1.165) is 10.9 Å². The van der Waals surface area contributed by atoms with Gasteiger partial charge in [0.25, 0.3) is 0 Å². The summed E-state index contributed by atoms with van der Waals surface area (Å²) in [6.45, 7) is 2.13. The Labute approximate surface area is 138 Å². The van der Waals surface area contributed by atoms with Gasteiger partial charge in [0.15, 0.2) is 0 Å². The first-order valence-electron chi connectivity index (χ1n) is 7.29. The van der Waals surface area contributed by atoms with Crippen molar-refractivity contribution in [2.45, 2.75) is 25.4 Å². The molecule has 5 heteroatoms. The second kappa shape index (κ2) is 6.50. The molecule has 0 saturated carbocycles. The van der Waals surface area contributed by atoms with Crippen LogP contribution in [0.15, 0.2) is 58.0 Å². The van der Waals surface area contributed by atoms with E-state index in [9.17, 15) is 0 Å². The van der Waals surface area contributed by atoms with Gasteiger partial charge in [0, 0.05) is 4.47 Å². The summed E-state index contributed by atoms with van der Waals surface area (Å²) in [5.41, 5.74) is 6.40. The third-order valence-corrected chi connectivity index (χ3v) is 4.48. The Bertz CT molecular complexity index is 699. The zero-order valence-electron chi connectivity index (χ0n) is 12.4. The Morgan fingerprint density at radius 2 is 2.05 bits per heavy atom. The second-order valence-electron chi connectivity index (χ2n) is 5.48. The van der Waals surface area contributed by atoms with Gasteiger partial charge >= 0.3 is 0 Å². The van der Waals surface area contributed by atoms with Crippen molar-refractivity contribution in [3.63, 3.8) is 0 Å². The fourth-order valence-corrected chi connectivity index (χ4v) is 3.30. The maximum atomic E-state index is 5.60. The maximum Gasteiger partial charge on any atom is 0.206 e. The SMILES string of the molecule is Cc1ccccc1C1CC(c2cccc(Br)c2)N=C(NN)N1. The number of rotatable bonds is 2. The summed E-state index contributed by atoms with van der Waals surface area (Å²) < 4.78 is 1.06. The molecule has 0 amide bonds.